The van der Waals surface area contributed by atoms with Gasteiger partial charge in [-0.05, 0) is 35.4 Å². The van der Waals surface area contributed by atoms with Crippen molar-refractivity contribution < 1.29 is 38.0 Å². The summed E-state index contributed by atoms with van der Waals surface area (Å²) in [4.78, 5) is 0. The lowest BCUT2D eigenvalue weighted by Crippen LogP contribution is -3.00. The van der Waals surface area contributed by atoms with Crippen LogP contribution in [0.5, 0.6) is 5.75 Å². The van der Waals surface area contributed by atoms with E-state index in [-0.39, 0.29) is 30.1 Å². The van der Waals surface area contributed by atoms with Crippen molar-refractivity contribution in [2.45, 2.75) is 12.7 Å². The van der Waals surface area contributed by atoms with Gasteiger partial charge in [0.2, 0.25) is 0 Å². The fraction of sp³-hybridized carbons (Fsp3) is 0.208. The van der Waals surface area contributed by atoms with Crippen molar-refractivity contribution in [2.75, 3.05) is 7.11 Å². The summed E-state index contributed by atoms with van der Waals surface area (Å²) >= 11 is 0. The summed E-state index contributed by atoms with van der Waals surface area (Å²) in [5.74, 6) is 1.96. The first-order chi connectivity index (χ1) is 13.7. The Labute approximate surface area is 188 Å². The predicted octanol–water partition coefficient (Wildman–Crippen LogP) is 1.32. The van der Waals surface area contributed by atoms with Crippen LogP contribution in [0.1, 0.15) is 23.1 Å². The van der Waals surface area contributed by atoms with Gasteiger partial charge in [0.25, 0.3) is 5.82 Å². The van der Waals surface area contributed by atoms with Crippen molar-refractivity contribution in [3.05, 3.63) is 95.8 Å². The van der Waals surface area contributed by atoms with Crippen molar-refractivity contribution in [3.8, 4) is 5.75 Å². The molecule has 5 heteroatoms. The molecule has 0 radical (unpaired) electrons. The molecule has 150 valence electrons. The second kappa shape index (κ2) is 9.41. The van der Waals surface area contributed by atoms with Crippen LogP contribution in [0.3, 0.4) is 0 Å². The molecular weight excluding hydrogens is 475 g/mol. The molecule has 0 amide bonds. The molecular formula is C24H25IN2O2. The van der Waals surface area contributed by atoms with E-state index in [1.165, 1.54) is 11.0 Å². The van der Waals surface area contributed by atoms with Crippen LogP contribution in [0.2, 0.25) is 0 Å². The van der Waals surface area contributed by atoms with Gasteiger partial charge in [0.1, 0.15) is 5.75 Å². The first-order valence-corrected chi connectivity index (χ1v) is 9.42. The van der Waals surface area contributed by atoms with Gasteiger partial charge in [-0.1, -0.05) is 54.6 Å². The number of para-hydroxylation sites is 2. The normalized spacial score (nSPS) is 11.8. The van der Waals surface area contributed by atoms with E-state index in [1.54, 1.807) is 7.11 Å². The van der Waals surface area contributed by atoms with Gasteiger partial charge in [0.05, 0.1) is 27.8 Å². The van der Waals surface area contributed by atoms with E-state index in [1.807, 2.05) is 30.3 Å². The number of nitrogens with zero attached hydrogens (tertiary/aromatic N) is 2. The third-order valence-electron chi connectivity index (χ3n) is 5.20. The van der Waals surface area contributed by atoms with Crippen LogP contribution < -0.4 is 33.3 Å². The molecule has 0 aliphatic heterocycles. The maximum atomic E-state index is 6.48. The standard InChI is InChI=1S/C24H25N2O2.HI/c1-25-21-11-7-8-12-22(21)26(2)24(25)23(19-9-5-4-6-10-19)28-17-18-13-15-20(27-3)16-14-18;/h4-16,23H,17H2,1-3H3;1H/q+1;/p-1. The average Bonchev–Trinajstić information content (AvgIpc) is 3.01. The first-order valence-electron chi connectivity index (χ1n) is 9.42. The molecule has 0 saturated heterocycles. The number of hydrogen-bond donors (Lipinski definition) is 0. The summed E-state index contributed by atoms with van der Waals surface area (Å²) in [6, 6.07) is 26.8. The van der Waals surface area contributed by atoms with Gasteiger partial charge in [-0.15, -0.1) is 0 Å². The van der Waals surface area contributed by atoms with Crippen LogP contribution in [0, 0.1) is 0 Å². The molecule has 4 aromatic rings. The van der Waals surface area contributed by atoms with E-state index in [0.717, 1.165) is 22.7 Å². The lowest BCUT2D eigenvalue weighted by Gasteiger charge is -2.16. The zero-order valence-electron chi connectivity index (χ0n) is 16.9. The highest BCUT2D eigenvalue weighted by atomic mass is 127. The summed E-state index contributed by atoms with van der Waals surface area (Å²) in [5.41, 5.74) is 4.63. The highest BCUT2D eigenvalue weighted by molar-refractivity contribution is 5.72. The van der Waals surface area contributed by atoms with E-state index in [9.17, 15) is 0 Å². The molecule has 1 heterocycles. The second-order valence-electron chi connectivity index (χ2n) is 6.91. The Morgan fingerprint density at radius 2 is 1.55 bits per heavy atom. The highest BCUT2D eigenvalue weighted by Gasteiger charge is 2.30. The fourth-order valence-electron chi connectivity index (χ4n) is 3.70. The SMILES string of the molecule is COc1ccc(COC(c2ccccc2)c2n(C)c3ccccc3[n+]2C)cc1.[I-]. The lowest BCUT2D eigenvalue weighted by molar-refractivity contribution is -0.657. The van der Waals surface area contributed by atoms with E-state index < -0.39 is 0 Å². The molecule has 0 aliphatic carbocycles. The number of aromatic nitrogens is 2. The number of imidazole rings is 1. The molecule has 0 N–H and O–H groups in total. The minimum Gasteiger partial charge on any atom is -1.00 e. The summed E-state index contributed by atoms with van der Waals surface area (Å²) in [6.45, 7) is 0.519. The third kappa shape index (κ3) is 4.31. The quantitative estimate of drug-likeness (QED) is 0.295. The zero-order chi connectivity index (χ0) is 19.5. The van der Waals surface area contributed by atoms with Crippen LogP contribution in [-0.4, -0.2) is 11.7 Å². The molecule has 0 saturated carbocycles. The number of methoxy groups -OCH3 is 1. The Morgan fingerprint density at radius 3 is 2.21 bits per heavy atom. The number of ether oxygens (including phenoxy) is 2. The third-order valence-corrected chi connectivity index (χ3v) is 5.20. The molecule has 29 heavy (non-hydrogen) atoms. The maximum absolute atomic E-state index is 6.48. The smallest absolute Gasteiger partial charge is 0.291 e. The van der Waals surface area contributed by atoms with Gasteiger partial charge in [-0.3, -0.25) is 0 Å². The van der Waals surface area contributed by atoms with Crippen LogP contribution in [0.15, 0.2) is 78.9 Å². The Hall–Kier alpha value is -2.38. The number of benzene rings is 3. The number of hydrogen-bond acceptors (Lipinski definition) is 2. The van der Waals surface area contributed by atoms with Crippen molar-refractivity contribution in [1.29, 1.82) is 0 Å². The van der Waals surface area contributed by atoms with Gasteiger partial charge in [-0.25, -0.2) is 9.13 Å². The summed E-state index contributed by atoms with van der Waals surface area (Å²) < 4.78 is 16.2. The van der Waals surface area contributed by atoms with Crippen LogP contribution in [0.4, 0.5) is 0 Å². The fourth-order valence-corrected chi connectivity index (χ4v) is 3.70. The Morgan fingerprint density at radius 1 is 0.897 bits per heavy atom. The average molecular weight is 500 g/mol. The monoisotopic (exact) mass is 500 g/mol. The van der Waals surface area contributed by atoms with E-state index in [4.69, 9.17) is 9.47 Å². The van der Waals surface area contributed by atoms with Crippen molar-refractivity contribution in [3.63, 3.8) is 0 Å². The van der Waals surface area contributed by atoms with Gasteiger partial charge in [0.15, 0.2) is 17.1 Å². The van der Waals surface area contributed by atoms with Crippen LogP contribution in [0.25, 0.3) is 11.0 Å². The largest absolute Gasteiger partial charge is 1.00 e. The predicted molar refractivity (Wildman–Crippen MR) is 110 cm³/mol. The molecule has 0 aliphatic rings. The molecule has 1 unspecified atom stereocenters. The van der Waals surface area contributed by atoms with E-state index >= 15 is 0 Å². The topological polar surface area (TPSA) is 27.3 Å². The minimum atomic E-state index is -0.175. The van der Waals surface area contributed by atoms with Gasteiger partial charge in [-0.2, -0.15) is 0 Å². The molecule has 1 aromatic heterocycles. The summed E-state index contributed by atoms with van der Waals surface area (Å²) in [7, 11) is 5.88. The van der Waals surface area contributed by atoms with Gasteiger partial charge < -0.3 is 33.5 Å². The lowest BCUT2D eigenvalue weighted by atomic mass is 10.1. The Bertz CT molecular complexity index is 1040. The molecule has 4 nitrogen and oxygen atoms in total. The van der Waals surface area contributed by atoms with Gasteiger partial charge >= 0.3 is 0 Å². The van der Waals surface area contributed by atoms with Crippen LogP contribution >= 0.6 is 0 Å². The molecule has 1 atom stereocenters. The number of aryl methyl sites for hydroxylation is 2. The summed E-state index contributed by atoms with van der Waals surface area (Å²) in [6.07, 6.45) is -0.175. The van der Waals surface area contributed by atoms with Crippen molar-refractivity contribution >= 4 is 11.0 Å². The second-order valence-corrected chi connectivity index (χ2v) is 6.91. The number of rotatable bonds is 6. The maximum Gasteiger partial charge on any atom is 0.291 e. The van der Waals surface area contributed by atoms with E-state index in [0.29, 0.717) is 6.61 Å². The summed E-state index contributed by atoms with van der Waals surface area (Å²) in [5, 5.41) is 0. The number of halogens is 1. The Kier molecular flexibility index (Phi) is 6.92. The molecule has 3 aromatic carbocycles. The molecule has 0 spiro atoms. The zero-order valence-corrected chi connectivity index (χ0v) is 19.0. The Balaban J connectivity index is 0.00000240. The van der Waals surface area contributed by atoms with E-state index in [2.05, 4.69) is 71.8 Å². The molecule has 4 rings (SSSR count). The molecule has 0 fully saturated rings. The first kappa shape index (κ1) is 21.3. The highest BCUT2D eigenvalue weighted by Crippen LogP contribution is 2.28. The van der Waals surface area contributed by atoms with Crippen LogP contribution in [-0.2, 0) is 25.4 Å². The van der Waals surface area contributed by atoms with Crippen molar-refractivity contribution in [1.82, 2.24) is 4.57 Å². The molecule has 0 bridgehead atoms. The van der Waals surface area contributed by atoms with Crippen molar-refractivity contribution in [2.24, 2.45) is 14.1 Å². The van der Waals surface area contributed by atoms with Gasteiger partial charge in [0, 0.05) is 0 Å². The minimum absolute atomic E-state index is 0. The number of fused-ring (bicyclic) bond motifs is 1.